The van der Waals surface area contributed by atoms with Crippen molar-refractivity contribution >= 4 is 23.6 Å². The van der Waals surface area contributed by atoms with Crippen molar-refractivity contribution in [2.24, 2.45) is 0 Å². The highest BCUT2D eigenvalue weighted by Gasteiger charge is 2.18. The van der Waals surface area contributed by atoms with Crippen LogP contribution in [0.25, 0.3) is 0 Å². The molecular weight excluding hydrogens is 214 g/mol. The van der Waals surface area contributed by atoms with Crippen LogP contribution in [-0.4, -0.2) is 45.5 Å². The zero-order valence-corrected chi connectivity index (χ0v) is 10.6. The SMILES string of the molecule is CCN(CC(=O)O)C(=O)CSC(C)(C)C. The van der Waals surface area contributed by atoms with Crippen molar-refractivity contribution in [3.05, 3.63) is 0 Å². The van der Waals surface area contributed by atoms with E-state index in [1.165, 1.54) is 16.7 Å². The van der Waals surface area contributed by atoms with Gasteiger partial charge in [0.05, 0.1) is 5.75 Å². The zero-order chi connectivity index (χ0) is 12.1. The second-order valence-electron chi connectivity index (χ2n) is 4.20. The first-order chi connectivity index (χ1) is 6.76. The Balaban J connectivity index is 4.11. The lowest BCUT2D eigenvalue weighted by Crippen LogP contribution is -2.37. The lowest BCUT2D eigenvalue weighted by Gasteiger charge is -2.22. The van der Waals surface area contributed by atoms with Gasteiger partial charge in [0.2, 0.25) is 5.91 Å². The van der Waals surface area contributed by atoms with Crippen LogP contribution >= 0.6 is 11.8 Å². The smallest absolute Gasteiger partial charge is 0.323 e. The summed E-state index contributed by atoms with van der Waals surface area (Å²) in [5.41, 5.74) is 0. The number of carboxylic acid groups (broad SMARTS) is 1. The van der Waals surface area contributed by atoms with Crippen molar-refractivity contribution in [1.82, 2.24) is 4.90 Å². The fraction of sp³-hybridized carbons (Fsp3) is 0.800. The maximum absolute atomic E-state index is 11.6. The van der Waals surface area contributed by atoms with Crippen LogP contribution in [0.3, 0.4) is 0 Å². The van der Waals surface area contributed by atoms with Crippen molar-refractivity contribution in [2.45, 2.75) is 32.4 Å². The van der Waals surface area contributed by atoms with Crippen molar-refractivity contribution in [2.75, 3.05) is 18.8 Å². The third-order valence-electron chi connectivity index (χ3n) is 1.69. The maximum atomic E-state index is 11.6. The highest BCUT2D eigenvalue weighted by atomic mass is 32.2. The minimum absolute atomic E-state index is 0.0261. The molecule has 0 spiro atoms. The van der Waals surface area contributed by atoms with Gasteiger partial charge in [0, 0.05) is 11.3 Å². The van der Waals surface area contributed by atoms with Crippen molar-refractivity contribution in [3.63, 3.8) is 0 Å². The summed E-state index contributed by atoms with van der Waals surface area (Å²) in [6, 6.07) is 0. The molecule has 5 heteroatoms. The van der Waals surface area contributed by atoms with Gasteiger partial charge in [-0.05, 0) is 6.92 Å². The Labute approximate surface area is 95.0 Å². The largest absolute Gasteiger partial charge is 0.480 e. The number of likely N-dealkylation sites (N-methyl/N-ethyl adjacent to an activating group) is 1. The number of hydrogen-bond acceptors (Lipinski definition) is 3. The molecule has 88 valence electrons. The topological polar surface area (TPSA) is 57.6 Å². The average molecular weight is 233 g/mol. The van der Waals surface area contributed by atoms with Crippen LogP contribution < -0.4 is 0 Å². The molecule has 0 aliphatic carbocycles. The highest BCUT2D eigenvalue weighted by Crippen LogP contribution is 2.23. The Morgan fingerprint density at radius 1 is 1.33 bits per heavy atom. The van der Waals surface area contributed by atoms with E-state index in [4.69, 9.17) is 5.11 Å². The van der Waals surface area contributed by atoms with Gasteiger partial charge >= 0.3 is 5.97 Å². The summed E-state index contributed by atoms with van der Waals surface area (Å²) in [7, 11) is 0. The van der Waals surface area contributed by atoms with Gasteiger partial charge in [0.25, 0.3) is 0 Å². The molecule has 0 fully saturated rings. The standard InChI is InChI=1S/C10H19NO3S/c1-5-11(6-9(13)14)8(12)7-15-10(2,3)4/h5-7H2,1-4H3,(H,13,14). The van der Waals surface area contributed by atoms with E-state index >= 15 is 0 Å². The summed E-state index contributed by atoms with van der Waals surface area (Å²) < 4.78 is 0.0261. The summed E-state index contributed by atoms with van der Waals surface area (Å²) in [6.07, 6.45) is 0. The number of hydrogen-bond donors (Lipinski definition) is 1. The monoisotopic (exact) mass is 233 g/mol. The number of carboxylic acids is 1. The van der Waals surface area contributed by atoms with Crippen LogP contribution in [0.4, 0.5) is 0 Å². The molecule has 15 heavy (non-hydrogen) atoms. The van der Waals surface area contributed by atoms with E-state index in [0.29, 0.717) is 12.3 Å². The molecule has 0 aliphatic rings. The second kappa shape index (κ2) is 6.00. The fourth-order valence-corrected chi connectivity index (χ4v) is 1.65. The number of carbonyl (C=O) groups excluding carboxylic acids is 1. The molecule has 0 saturated carbocycles. The highest BCUT2D eigenvalue weighted by molar-refractivity contribution is 8.01. The lowest BCUT2D eigenvalue weighted by atomic mass is 10.3. The van der Waals surface area contributed by atoms with E-state index in [2.05, 4.69) is 0 Å². The number of thioether (sulfide) groups is 1. The molecular formula is C10H19NO3S. The molecule has 0 atom stereocenters. The Hall–Kier alpha value is -0.710. The normalized spacial score (nSPS) is 11.2. The fourth-order valence-electron chi connectivity index (χ4n) is 0.909. The van der Waals surface area contributed by atoms with E-state index in [9.17, 15) is 9.59 Å². The van der Waals surface area contributed by atoms with E-state index in [1.54, 1.807) is 6.92 Å². The van der Waals surface area contributed by atoms with Crippen LogP contribution in [0.1, 0.15) is 27.7 Å². The number of nitrogens with zero attached hydrogens (tertiary/aromatic N) is 1. The molecule has 0 unspecified atom stereocenters. The summed E-state index contributed by atoms with van der Waals surface area (Å²) in [6.45, 7) is 8.09. The van der Waals surface area contributed by atoms with Gasteiger partial charge in [0.15, 0.2) is 0 Å². The maximum Gasteiger partial charge on any atom is 0.323 e. The van der Waals surface area contributed by atoms with E-state index in [0.717, 1.165) is 0 Å². The number of aliphatic carboxylic acids is 1. The minimum Gasteiger partial charge on any atom is -0.480 e. The number of amides is 1. The molecule has 1 amide bonds. The van der Waals surface area contributed by atoms with Gasteiger partial charge in [-0.25, -0.2) is 0 Å². The average Bonchev–Trinajstić information content (AvgIpc) is 2.08. The summed E-state index contributed by atoms with van der Waals surface area (Å²) in [4.78, 5) is 23.4. The molecule has 0 radical (unpaired) electrons. The predicted octanol–water partition coefficient (Wildman–Crippen LogP) is 1.45. The number of rotatable bonds is 5. The molecule has 0 saturated heterocycles. The summed E-state index contributed by atoms with van der Waals surface area (Å²) in [5, 5.41) is 8.59. The van der Waals surface area contributed by atoms with Gasteiger partial charge in [-0.2, -0.15) is 0 Å². The van der Waals surface area contributed by atoms with Crippen LogP contribution in [0.5, 0.6) is 0 Å². The lowest BCUT2D eigenvalue weighted by molar-refractivity contribution is -0.143. The van der Waals surface area contributed by atoms with Gasteiger partial charge in [-0.1, -0.05) is 20.8 Å². The summed E-state index contributed by atoms with van der Waals surface area (Å²) in [5.74, 6) is -0.740. The quantitative estimate of drug-likeness (QED) is 0.781. The van der Waals surface area contributed by atoms with Crippen molar-refractivity contribution in [3.8, 4) is 0 Å². The minimum atomic E-state index is -0.967. The molecule has 0 aromatic carbocycles. The third kappa shape index (κ3) is 7.25. The van der Waals surface area contributed by atoms with Crippen LogP contribution in [-0.2, 0) is 9.59 Å². The Kier molecular flexibility index (Phi) is 5.72. The zero-order valence-electron chi connectivity index (χ0n) is 9.74. The number of carbonyl (C=O) groups is 2. The molecule has 1 N–H and O–H groups in total. The van der Waals surface area contributed by atoms with Crippen LogP contribution in [0.2, 0.25) is 0 Å². The molecule has 0 rings (SSSR count). The van der Waals surface area contributed by atoms with Gasteiger partial charge in [0.1, 0.15) is 6.54 Å². The van der Waals surface area contributed by atoms with Crippen LogP contribution in [0, 0.1) is 0 Å². The van der Waals surface area contributed by atoms with Gasteiger partial charge < -0.3 is 10.0 Å². The molecule has 0 aliphatic heterocycles. The Morgan fingerprint density at radius 2 is 1.87 bits per heavy atom. The Morgan fingerprint density at radius 3 is 2.20 bits per heavy atom. The van der Waals surface area contributed by atoms with Gasteiger partial charge in [-0.15, -0.1) is 11.8 Å². The summed E-state index contributed by atoms with van der Waals surface area (Å²) >= 11 is 1.53. The van der Waals surface area contributed by atoms with Crippen molar-refractivity contribution < 1.29 is 14.7 Å². The van der Waals surface area contributed by atoms with Crippen LogP contribution in [0.15, 0.2) is 0 Å². The third-order valence-corrected chi connectivity index (χ3v) is 2.95. The van der Waals surface area contributed by atoms with Crippen molar-refractivity contribution in [1.29, 1.82) is 0 Å². The molecule has 0 aromatic heterocycles. The first kappa shape index (κ1) is 14.3. The van der Waals surface area contributed by atoms with Gasteiger partial charge in [-0.3, -0.25) is 9.59 Å². The molecule has 4 nitrogen and oxygen atoms in total. The molecule has 0 bridgehead atoms. The predicted molar refractivity (Wildman–Crippen MR) is 62.1 cm³/mol. The Bertz CT molecular complexity index is 235. The second-order valence-corrected chi connectivity index (χ2v) is 6.00. The molecule has 0 heterocycles. The first-order valence-corrected chi connectivity index (χ1v) is 5.88. The van der Waals surface area contributed by atoms with E-state index < -0.39 is 5.97 Å². The first-order valence-electron chi connectivity index (χ1n) is 4.89. The van der Waals surface area contributed by atoms with E-state index in [1.807, 2.05) is 20.8 Å². The molecule has 0 aromatic rings. The van der Waals surface area contributed by atoms with E-state index in [-0.39, 0.29) is 17.2 Å².